The van der Waals surface area contributed by atoms with E-state index in [-0.39, 0.29) is 12.5 Å². The largest absolute Gasteiger partial charge is 0.394 e. The SMILES string of the molecule is CCCCCCCCCC/C=C\CCCCCCCCCCCCCCCCCCCCCC(=O)NC(COC1OC(CO)C(OC2OC(CO)C(O)C(O)C2O)C(O)C1O)C(O)CCCCCCCCCCCCCCCCCCCCCCCCCCCCCCC. The molecule has 2 heterocycles. The number of aliphatic hydroxyl groups excluding tert-OH is 8. The molecule has 0 aliphatic carbocycles. The lowest BCUT2D eigenvalue weighted by Crippen LogP contribution is -2.65. The number of rotatable bonds is 70. The quantitative estimate of drug-likeness (QED) is 0.0204. The van der Waals surface area contributed by atoms with Gasteiger partial charge in [-0.25, -0.2) is 0 Å². The molecule has 0 aromatic heterocycles. The third-order valence-electron chi connectivity index (χ3n) is 20.5. The maximum absolute atomic E-state index is 13.4. The number of hydrogen-bond acceptors (Lipinski definition) is 13. The Bertz CT molecular complexity index is 1620. The second-order valence-corrected chi connectivity index (χ2v) is 29.3. The summed E-state index contributed by atoms with van der Waals surface area (Å²) < 4.78 is 23.0. The molecule has 9 N–H and O–H groups in total. The number of carbonyl (C=O) groups excluding carboxylic acids is 1. The Morgan fingerprint density at radius 1 is 0.372 bits per heavy atom. The van der Waals surface area contributed by atoms with Crippen molar-refractivity contribution in [2.24, 2.45) is 0 Å². The summed E-state index contributed by atoms with van der Waals surface area (Å²) in [5.41, 5.74) is 0. The smallest absolute Gasteiger partial charge is 0.220 e. The van der Waals surface area contributed by atoms with Gasteiger partial charge in [0.25, 0.3) is 0 Å². The van der Waals surface area contributed by atoms with Crippen molar-refractivity contribution < 1.29 is 64.6 Å². The molecule has 0 aromatic carbocycles. The summed E-state index contributed by atoms with van der Waals surface area (Å²) in [5, 5.41) is 87.9. The van der Waals surface area contributed by atoms with Crippen LogP contribution >= 0.6 is 0 Å². The molecule has 2 aliphatic rings. The minimum Gasteiger partial charge on any atom is -0.394 e. The molecule has 2 saturated heterocycles. The van der Waals surface area contributed by atoms with E-state index in [0.717, 1.165) is 51.4 Å². The summed E-state index contributed by atoms with van der Waals surface area (Å²) in [6.45, 7) is 2.94. The lowest BCUT2D eigenvalue weighted by atomic mass is 9.97. The number of hydrogen-bond donors (Lipinski definition) is 9. The predicted molar refractivity (Wildman–Crippen MR) is 388 cm³/mol. The van der Waals surface area contributed by atoms with Crippen LogP contribution in [-0.4, -0.2) is 140 Å². The van der Waals surface area contributed by atoms with Gasteiger partial charge in [-0.15, -0.1) is 0 Å². The summed E-state index contributed by atoms with van der Waals surface area (Å²) in [7, 11) is 0. The number of unbranched alkanes of at least 4 members (excludes halogenated alkanes) is 55. The van der Waals surface area contributed by atoms with Gasteiger partial charge in [0.1, 0.15) is 48.8 Å². The molecule has 2 aliphatic heterocycles. The van der Waals surface area contributed by atoms with E-state index in [4.69, 9.17) is 18.9 Å². The van der Waals surface area contributed by atoms with Crippen molar-refractivity contribution in [3.8, 4) is 0 Å². The molecule has 14 heteroatoms. The van der Waals surface area contributed by atoms with Crippen LogP contribution in [0.15, 0.2) is 12.2 Å². The number of allylic oxidation sites excluding steroid dienone is 2. The van der Waals surface area contributed by atoms with Crippen molar-refractivity contribution in [1.82, 2.24) is 5.32 Å². The summed E-state index contributed by atoms with van der Waals surface area (Å²) in [6.07, 6.45) is 65.4. The van der Waals surface area contributed by atoms with Gasteiger partial charge in [0, 0.05) is 6.42 Å². The highest BCUT2D eigenvalue weighted by Gasteiger charge is 2.51. The number of amides is 1. The maximum Gasteiger partial charge on any atom is 0.220 e. The normalized spacial score (nSPS) is 22.4. The zero-order chi connectivity index (χ0) is 68.0. The van der Waals surface area contributed by atoms with E-state index < -0.39 is 86.8 Å². The van der Waals surface area contributed by atoms with E-state index in [1.807, 2.05) is 0 Å². The topological polar surface area (TPSA) is 228 Å². The van der Waals surface area contributed by atoms with Crippen LogP contribution in [0.2, 0.25) is 0 Å². The van der Waals surface area contributed by atoms with E-state index in [0.29, 0.717) is 12.8 Å². The maximum atomic E-state index is 13.4. The first-order valence-corrected chi connectivity index (χ1v) is 40.9. The molecule has 2 fully saturated rings. The Hall–Kier alpha value is -1.27. The molecule has 1 amide bonds. The van der Waals surface area contributed by atoms with Gasteiger partial charge >= 0.3 is 0 Å². The van der Waals surface area contributed by atoms with Crippen LogP contribution in [0.4, 0.5) is 0 Å². The fourth-order valence-electron chi connectivity index (χ4n) is 14.0. The highest BCUT2D eigenvalue weighted by atomic mass is 16.7. The molecule has 0 bridgehead atoms. The van der Waals surface area contributed by atoms with Crippen molar-refractivity contribution in [1.29, 1.82) is 0 Å². The van der Waals surface area contributed by atoms with E-state index >= 15 is 0 Å². The van der Waals surface area contributed by atoms with Crippen molar-refractivity contribution in [3.05, 3.63) is 12.2 Å². The van der Waals surface area contributed by atoms with E-state index in [9.17, 15) is 45.6 Å². The molecule has 14 nitrogen and oxygen atoms in total. The second-order valence-electron chi connectivity index (χ2n) is 29.3. The third kappa shape index (κ3) is 47.7. The molecule has 0 radical (unpaired) electrons. The minimum absolute atomic E-state index is 0.196. The highest BCUT2D eigenvalue weighted by molar-refractivity contribution is 5.76. The average molecular weight is 1340 g/mol. The molecule has 12 unspecified atom stereocenters. The van der Waals surface area contributed by atoms with Crippen LogP contribution in [0, 0.1) is 0 Å². The lowest BCUT2D eigenvalue weighted by Gasteiger charge is -2.46. The zero-order valence-corrected chi connectivity index (χ0v) is 61.2. The summed E-state index contributed by atoms with van der Waals surface area (Å²) in [6, 6.07) is -0.827. The van der Waals surface area contributed by atoms with Gasteiger partial charge in [-0.3, -0.25) is 4.79 Å². The molecule has 94 heavy (non-hydrogen) atoms. The number of nitrogens with one attached hydrogen (secondary N) is 1. The summed E-state index contributed by atoms with van der Waals surface area (Å²) >= 11 is 0. The standard InChI is InChI=1S/C80H155NO13/c1-3-5-7-9-11-13-15-17-19-21-23-25-27-29-31-33-34-36-38-40-42-44-46-48-50-52-54-56-58-60-62-64-72(85)81-68(67-91-79-77(90)75(88)78(71(66-83)93-79)94-80-76(89)74(87)73(86)70(65-82)92-80)69(84)63-61-59-57-55-53-51-49-47-45-43-41-39-37-35-32-30-28-26-24-22-20-18-16-14-12-10-8-6-4-2/h21,23,68-71,73-80,82-84,86-90H,3-20,22,24-67H2,1-2H3,(H,81,85)/b23-21-. The van der Waals surface area contributed by atoms with Crippen molar-refractivity contribution in [3.63, 3.8) is 0 Å². The van der Waals surface area contributed by atoms with Gasteiger partial charge in [0.05, 0.1) is 32.0 Å². The third-order valence-corrected chi connectivity index (χ3v) is 20.5. The summed E-state index contributed by atoms with van der Waals surface area (Å²) in [5.74, 6) is -0.196. The number of aliphatic hydroxyl groups is 8. The molecule has 12 atom stereocenters. The van der Waals surface area contributed by atoms with Gasteiger partial charge in [0.15, 0.2) is 12.6 Å². The Balaban J connectivity index is 1.60. The van der Waals surface area contributed by atoms with Gasteiger partial charge in [-0.05, 0) is 38.5 Å². The first-order chi connectivity index (χ1) is 46.1. The fraction of sp³-hybridized carbons (Fsp3) is 0.963. The second kappa shape index (κ2) is 65.1. The van der Waals surface area contributed by atoms with Crippen LogP contribution in [0.1, 0.15) is 399 Å². The number of ether oxygens (including phenoxy) is 4. The van der Waals surface area contributed by atoms with Gasteiger partial charge in [0.2, 0.25) is 5.91 Å². The fourth-order valence-corrected chi connectivity index (χ4v) is 14.0. The van der Waals surface area contributed by atoms with Crippen LogP contribution in [-0.2, 0) is 23.7 Å². The molecule has 2 rings (SSSR count). The van der Waals surface area contributed by atoms with Gasteiger partial charge < -0.3 is 65.1 Å². The Morgan fingerprint density at radius 2 is 0.670 bits per heavy atom. The summed E-state index contributed by atoms with van der Waals surface area (Å²) in [4.78, 5) is 13.4. The molecule has 0 spiro atoms. The van der Waals surface area contributed by atoms with Crippen LogP contribution in [0.5, 0.6) is 0 Å². The Kier molecular flexibility index (Phi) is 61.5. The van der Waals surface area contributed by atoms with Gasteiger partial charge in [-0.1, -0.05) is 366 Å². The van der Waals surface area contributed by atoms with Crippen LogP contribution < -0.4 is 5.32 Å². The zero-order valence-electron chi connectivity index (χ0n) is 61.2. The van der Waals surface area contributed by atoms with E-state index in [2.05, 4.69) is 31.3 Å². The molecular formula is C80H155NO13. The van der Waals surface area contributed by atoms with Crippen molar-refractivity contribution in [2.75, 3.05) is 19.8 Å². The van der Waals surface area contributed by atoms with Crippen molar-refractivity contribution >= 4 is 5.91 Å². The van der Waals surface area contributed by atoms with Crippen LogP contribution in [0.3, 0.4) is 0 Å². The minimum atomic E-state index is -1.78. The molecular weight excluding hydrogens is 1180 g/mol. The Labute approximate surface area is 577 Å². The van der Waals surface area contributed by atoms with E-state index in [1.54, 1.807) is 0 Å². The molecule has 0 aromatic rings. The lowest BCUT2D eigenvalue weighted by molar-refractivity contribution is -0.359. The first-order valence-electron chi connectivity index (χ1n) is 40.9. The molecule has 558 valence electrons. The Morgan fingerprint density at radius 3 is 1.01 bits per heavy atom. The highest BCUT2D eigenvalue weighted by Crippen LogP contribution is 2.31. The number of carbonyl (C=O) groups is 1. The van der Waals surface area contributed by atoms with Crippen molar-refractivity contribution in [2.45, 2.75) is 473 Å². The monoisotopic (exact) mass is 1340 g/mol. The first kappa shape index (κ1) is 88.8. The predicted octanol–water partition coefficient (Wildman–Crippen LogP) is 18.5. The molecule has 0 saturated carbocycles. The van der Waals surface area contributed by atoms with Crippen LogP contribution in [0.25, 0.3) is 0 Å². The van der Waals surface area contributed by atoms with E-state index in [1.165, 1.54) is 321 Å². The average Bonchev–Trinajstić information content (AvgIpc) is 0.794. The van der Waals surface area contributed by atoms with Gasteiger partial charge in [-0.2, -0.15) is 0 Å².